The van der Waals surface area contributed by atoms with Crippen LogP contribution < -0.4 is 11.1 Å². The van der Waals surface area contributed by atoms with Gasteiger partial charge in [-0.25, -0.2) is 0 Å². The van der Waals surface area contributed by atoms with Gasteiger partial charge < -0.3 is 15.6 Å². The number of rotatable bonds is 4. The Morgan fingerprint density at radius 3 is 2.71 bits per heavy atom. The quantitative estimate of drug-likeness (QED) is 0.719. The molecular formula is C16H15N3O2. The number of benzene rings is 2. The Labute approximate surface area is 121 Å². The lowest BCUT2D eigenvalue weighted by Gasteiger charge is -2.04. The summed E-state index contributed by atoms with van der Waals surface area (Å²) in [4.78, 5) is 12.0. The van der Waals surface area contributed by atoms with Gasteiger partial charge in [0.25, 0.3) is 0 Å². The predicted octanol–water partition coefficient (Wildman–Crippen LogP) is 2.27. The number of carbonyl (C=O) groups is 1. The van der Waals surface area contributed by atoms with Crippen LogP contribution in [0.2, 0.25) is 0 Å². The Balaban J connectivity index is 1.62. The summed E-state index contributed by atoms with van der Waals surface area (Å²) in [6.45, 7) is 0.467. The van der Waals surface area contributed by atoms with E-state index in [2.05, 4.69) is 10.5 Å². The highest BCUT2D eigenvalue weighted by atomic mass is 16.5. The van der Waals surface area contributed by atoms with Gasteiger partial charge >= 0.3 is 0 Å². The summed E-state index contributed by atoms with van der Waals surface area (Å²) in [6, 6.07) is 14.9. The number of carbonyl (C=O) groups excluding carboxylic acids is 1. The van der Waals surface area contributed by atoms with E-state index >= 15 is 0 Å². The zero-order chi connectivity index (χ0) is 14.7. The third-order valence-corrected chi connectivity index (χ3v) is 3.25. The van der Waals surface area contributed by atoms with Gasteiger partial charge in [0.2, 0.25) is 5.91 Å². The Morgan fingerprint density at radius 2 is 1.90 bits per heavy atom. The van der Waals surface area contributed by atoms with E-state index < -0.39 is 0 Å². The van der Waals surface area contributed by atoms with Crippen LogP contribution in [0.1, 0.15) is 11.3 Å². The first kappa shape index (κ1) is 13.2. The number of anilines is 1. The van der Waals surface area contributed by atoms with Crippen LogP contribution in [0.3, 0.4) is 0 Å². The lowest BCUT2D eigenvalue weighted by molar-refractivity contribution is -0.120. The summed E-state index contributed by atoms with van der Waals surface area (Å²) < 4.78 is 5.18. The zero-order valence-electron chi connectivity index (χ0n) is 11.4. The van der Waals surface area contributed by atoms with Crippen LogP contribution in [0.5, 0.6) is 0 Å². The van der Waals surface area contributed by atoms with Crippen LogP contribution in [-0.4, -0.2) is 11.1 Å². The smallest absolute Gasteiger partial charge is 0.226 e. The van der Waals surface area contributed by atoms with Crippen molar-refractivity contribution < 1.29 is 9.32 Å². The van der Waals surface area contributed by atoms with E-state index in [9.17, 15) is 4.79 Å². The standard InChI is InChI=1S/C16H15N3O2/c17-12-7-5-11(6-8-12)10-18-16(20)9-14-13-3-1-2-4-15(13)21-19-14/h1-8H,9-10,17H2,(H,18,20). The summed E-state index contributed by atoms with van der Waals surface area (Å²) in [5, 5.41) is 7.68. The summed E-state index contributed by atoms with van der Waals surface area (Å²) in [6.07, 6.45) is 0.200. The molecule has 0 spiro atoms. The third-order valence-electron chi connectivity index (χ3n) is 3.25. The Bertz CT molecular complexity index is 763. The van der Waals surface area contributed by atoms with Gasteiger partial charge in [0, 0.05) is 17.6 Å². The van der Waals surface area contributed by atoms with Crippen LogP contribution in [0.25, 0.3) is 11.0 Å². The van der Waals surface area contributed by atoms with E-state index in [1.807, 2.05) is 48.5 Å². The number of aromatic nitrogens is 1. The van der Waals surface area contributed by atoms with E-state index in [1.54, 1.807) is 0 Å². The minimum atomic E-state index is -0.0918. The molecule has 0 radical (unpaired) electrons. The lowest BCUT2D eigenvalue weighted by Crippen LogP contribution is -2.24. The van der Waals surface area contributed by atoms with Crippen LogP contribution in [0.4, 0.5) is 5.69 Å². The molecule has 5 heteroatoms. The van der Waals surface area contributed by atoms with Crippen molar-refractivity contribution in [2.24, 2.45) is 0 Å². The molecule has 0 aliphatic rings. The summed E-state index contributed by atoms with van der Waals surface area (Å²) in [7, 11) is 0. The van der Waals surface area contributed by atoms with Crippen LogP contribution in [-0.2, 0) is 17.8 Å². The number of nitrogens with zero attached hydrogens (tertiary/aromatic N) is 1. The van der Waals surface area contributed by atoms with Crippen LogP contribution in [0.15, 0.2) is 53.1 Å². The van der Waals surface area contributed by atoms with E-state index in [-0.39, 0.29) is 12.3 Å². The number of para-hydroxylation sites is 1. The molecule has 1 heterocycles. The largest absolute Gasteiger partial charge is 0.399 e. The normalized spacial score (nSPS) is 10.7. The minimum Gasteiger partial charge on any atom is -0.399 e. The van der Waals surface area contributed by atoms with Gasteiger partial charge in [-0.15, -0.1) is 0 Å². The van der Waals surface area contributed by atoms with Crippen molar-refractivity contribution in [1.29, 1.82) is 0 Å². The molecule has 1 amide bonds. The fourth-order valence-corrected chi connectivity index (χ4v) is 2.12. The summed E-state index contributed by atoms with van der Waals surface area (Å²) in [5.41, 5.74) is 8.68. The molecule has 0 fully saturated rings. The number of nitrogens with two attached hydrogens (primary N) is 1. The molecule has 0 unspecified atom stereocenters. The molecule has 106 valence electrons. The first-order valence-corrected chi connectivity index (χ1v) is 6.67. The molecule has 0 bridgehead atoms. The molecule has 5 nitrogen and oxygen atoms in total. The molecule has 0 aliphatic carbocycles. The molecule has 0 saturated heterocycles. The molecule has 3 N–H and O–H groups in total. The average Bonchev–Trinajstić information content (AvgIpc) is 2.90. The molecule has 2 aromatic carbocycles. The van der Waals surface area contributed by atoms with Crippen molar-refractivity contribution in [3.05, 3.63) is 59.8 Å². The SMILES string of the molecule is Nc1ccc(CNC(=O)Cc2noc3ccccc23)cc1. The highest BCUT2D eigenvalue weighted by Crippen LogP contribution is 2.18. The third kappa shape index (κ3) is 3.02. The fraction of sp³-hybridized carbons (Fsp3) is 0.125. The Hall–Kier alpha value is -2.82. The maximum absolute atomic E-state index is 12.0. The van der Waals surface area contributed by atoms with Crippen LogP contribution in [0, 0.1) is 0 Å². The number of hydrogen-bond donors (Lipinski definition) is 2. The highest BCUT2D eigenvalue weighted by molar-refractivity contribution is 5.86. The van der Waals surface area contributed by atoms with Crippen LogP contribution >= 0.6 is 0 Å². The topological polar surface area (TPSA) is 81.1 Å². The molecule has 21 heavy (non-hydrogen) atoms. The van der Waals surface area contributed by atoms with Crippen molar-refractivity contribution in [2.45, 2.75) is 13.0 Å². The molecule has 3 aromatic rings. The van der Waals surface area contributed by atoms with Crippen molar-refractivity contribution in [3.8, 4) is 0 Å². The van der Waals surface area contributed by atoms with E-state index in [0.717, 1.165) is 10.9 Å². The molecule has 3 rings (SSSR count). The number of amides is 1. The van der Waals surface area contributed by atoms with Gasteiger partial charge in [-0.3, -0.25) is 4.79 Å². The molecular weight excluding hydrogens is 266 g/mol. The van der Waals surface area contributed by atoms with E-state index in [0.29, 0.717) is 23.5 Å². The van der Waals surface area contributed by atoms with Gasteiger partial charge in [-0.2, -0.15) is 0 Å². The lowest BCUT2D eigenvalue weighted by atomic mass is 10.1. The molecule has 0 atom stereocenters. The van der Waals surface area contributed by atoms with Crippen molar-refractivity contribution in [3.63, 3.8) is 0 Å². The zero-order valence-corrected chi connectivity index (χ0v) is 11.4. The maximum Gasteiger partial charge on any atom is 0.226 e. The molecule has 1 aromatic heterocycles. The fourth-order valence-electron chi connectivity index (χ4n) is 2.12. The molecule has 0 saturated carbocycles. The molecule has 0 aliphatic heterocycles. The Kier molecular flexibility index (Phi) is 3.55. The number of hydrogen-bond acceptors (Lipinski definition) is 4. The summed E-state index contributed by atoms with van der Waals surface area (Å²) in [5.74, 6) is -0.0918. The van der Waals surface area contributed by atoms with Gasteiger partial charge in [0.05, 0.1) is 6.42 Å². The van der Waals surface area contributed by atoms with Crippen molar-refractivity contribution >= 4 is 22.6 Å². The number of nitrogen functional groups attached to an aromatic ring is 1. The van der Waals surface area contributed by atoms with E-state index in [4.69, 9.17) is 10.3 Å². The second-order valence-corrected chi connectivity index (χ2v) is 4.82. The first-order valence-electron chi connectivity index (χ1n) is 6.67. The van der Waals surface area contributed by atoms with Gasteiger partial charge in [-0.1, -0.05) is 29.4 Å². The number of nitrogens with one attached hydrogen (secondary N) is 1. The van der Waals surface area contributed by atoms with Crippen molar-refractivity contribution in [2.75, 3.05) is 5.73 Å². The Morgan fingerprint density at radius 1 is 1.14 bits per heavy atom. The van der Waals surface area contributed by atoms with Gasteiger partial charge in [-0.05, 0) is 29.8 Å². The predicted molar refractivity (Wildman–Crippen MR) is 80.4 cm³/mol. The monoisotopic (exact) mass is 281 g/mol. The number of fused-ring (bicyclic) bond motifs is 1. The first-order chi connectivity index (χ1) is 10.2. The summed E-state index contributed by atoms with van der Waals surface area (Å²) >= 11 is 0. The van der Waals surface area contributed by atoms with Gasteiger partial charge in [0.15, 0.2) is 5.58 Å². The minimum absolute atomic E-state index is 0.0918. The average molecular weight is 281 g/mol. The highest BCUT2D eigenvalue weighted by Gasteiger charge is 2.11. The van der Waals surface area contributed by atoms with E-state index in [1.165, 1.54) is 0 Å². The van der Waals surface area contributed by atoms with Gasteiger partial charge in [0.1, 0.15) is 5.69 Å². The van der Waals surface area contributed by atoms with Crippen molar-refractivity contribution in [1.82, 2.24) is 10.5 Å². The second kappa shape index (κ2) is 5.66. The maximum atomic E-state index is 12.0. The second-order valence-electron chi connectivity index (χ2n) is 4.82.